The Morgan fingerprint density at radius 1 is 1.25 bits per heavy atom. The minimum Gasteiger partial charge on any atom is -0.481 e. The SMILES string of the molecule is Cc1ccccc1CC(=O)NC1(CC(=O)O)CCCC1. The van der Waals surface area contributed by atoms with E-state index in [4.69, 9.17) is 5.11 Å². The average Bonchev–Trinajstić information content (AvgIpc) is 2.79. The van der Waals surface area contributed by atoms with Crippen molar-refractivity contribution in [3.8, 4) is 0 Å². The van der Waals surface area contributed by atoms with Gasteiger partial charge in [-0.2, -0.15) is 0 Å². The Balaban J connectivity index is 2.02. The first-order valence-corrected chi connectivity index (χ1v) is 7.08. The molecule has 0 aliphatic heterocycles. The number of carbonyl (C=O) groups excluding carboxylic acids is 1. The van der Waals surface area contributed by atoms with Crippen LogP contribution in [0.5, 0.6) is 0 Å². The maximum atomic E-state index is 12.2. The predicted octanol–water partition coefficient (Wildman–Crippen LogP) is 2.44. The van der Waals surface area contributed by atoms with Crippen LogP contribution in [0, 0.1) is 6.92 Å². The second-order valence-electron chi connectivity index (χ2n) is 5.71. The molecule has 0 unspecified atom stereocenters. The number of hydrogen-bond donors (Lipinski definition) is 2. The normalized spacial score (nSPS) is 16.9. The van der Waals surface area contributed by atoms with Gasteiger partial charge in [0.2, 0.25) is 5.91 Å². The van der Waals surface area contributed by atoms with E-state index in [1.54, 1.807) is 0 Å². The summed E-state index contributed by atoms with van der Waals surface area (Å²) in [5.74, 6) is -0.925. The highest BCUT2D eigenvalue weighted by molar-refractivity contribution is 5.80. The monoisotopic (exact) mass is 275 g/mol. The van der Waals surface area contributed by atoms with Gasteiger partial charge in [-0.3, -0.25) is 9.59 Å². The van der Waals surface area contributed by atoms with Crippen LogP contribution in [0.2, 0.25) is 0 Å². The molecule has 1 saturated carbocycles. The summed E-state index contributed by atoms with van der Waals surface area (Å²) in [4.78, 5) is 23.2. The summed E-state index contributed by atoms with van der Waals surface area (Å²) in [7, 11) is 0. The summed E-state index contributed by atoms with van der Waals surface area (Å²) in [6.45, 7) is 1.98. The highest BCUT2D eigenvalue weighted by atomic mass is 16.4. The van der Waals surface area contributed by atoms with E-state index >= 15 is 0 Å². The number of aryl methyl sites for hydroxylation is 1. The Hall–Kier alpha value is -1.84. The summed E-state index contributed by atoms with van der Waals surface area (Å²) in [5.41, 5.74) is 1.54. The zero-order valence-corrected chi connectivity index (χ0v) is 11.8. The van der Waals surface area contributed by atoms with Gasteiger partial charge in [-0.1, -0.05) is 37.1 Å². The van der Waals surface area contributed by atoms with Gasteiger partial charge in [0.15, 0.2) is 0 Å². The van der Waals surface area contributed by atoms with Crippen molar-refractivity contribution in [2.75, 3.05) is 0 Å². The van der Waals surface area contributed by atoms with Gasteiger partial charge >= 0.3 is 5.97 Å². The number of nitrogens with one attached hydrogen (secondary N) is 1. The van der Waals surface area contributed by atoms with Gasteiger partial charge in [0.25, 0.3) is 0 Å². The Morgan fingerprint density at radius 2 is 1.90 bits per heavy atom. The summed E-state index contributed by atoms with van der Waals surface area (Å²) >= 11 is 0. The number of amides is 1. The molecule has 0 bridgehead atoms. The summed E-state index contributed by atoms with van der Waals surface area (Å²) in [6.07, 6.45) is 3.83. The van der Waals surface area contributed by atoms with Gasteiger partial charge in [-0.15, -0.1) is 0 Å². The van der Waals surface area contributed by atoms with Gasteiger partial charge in [0.05, 0.1) is 18.4 Å². The van der Waals surface area contributed by atoms with Gasteiger partial charge in [0, 0.05) is 0 Å². The number of benzene rings is 1. The second-order valence-corrected chi connectivity index (χ2v) is 5.71. The largest absolute Gasteiger partial charge is 0.481 e. The van der Waals surface area contributed by atoms with Crippen molar-refractivity contribution in [1.82, 2.24) is 5.32 Å². The van der Waals surface area contributed by atoms with Crippen molar-refractivity contribution < 1.29 is 14.7 Å². The van der Waals surface area contributed by atoms with Crippen LogP contribution in [0.25, 0.3) is 0 Å². The molecular weight excluding hydrogens is 254 g/mol. The van der Waals surface area contributed by atoms with Crippen LogP contribution in [-0.4, -0.2) is 22.5 Å². The third-order valence-corrected chi connectivity index (χ3v) is 4.07. The maximum Gasteiger partial charge on any atom is 0.305 e. The van der Waals surface area contributed by atoms with E-state index in [1.807, 2.05) is 31.2 Å². The molecule has 1 aromatic carbocycles. The smallest absolute Gasteiger partial charge is 0.305 e. The Labute approximate surface area is 119 Å². The van der Waals surface area contributed by atoms with Crippen molar-refractivity contribution >= 4 is 11.9 Å². The molecule has 0 aromatic heterocycles. The van der Waals surface area contributed by atoms with E-state index in [-0.39, 0.29) is 12.3 Å². The van der Waals surface area contributed by atoms with Gasteiger partial charge in [-0.05, 0) is 30.9 Å². The Kier molecular flexibility index (Phi) is 4.42. The highest BCUT2D eigenvalue weighted by Gasteiger charge is 2.37. The first-order valence-electron chi connectivity index (χ1n) is 7.08. The molecule has 1 aliphatic rings. The molecule has 2 rings (SSSR count). The van der Waals surface area contributed by atoms with Gasteiger partial charge in [-0.25, -0.2) is 0 Å². The first kappa shape index (κ1) is 14.6. The van der Waals surface area contributed by atoms with Crippen LogP contribution < -0.4 is 5.32 Å². The van der Waals surface area contributed by atoms with Crippen molar-refractivity contribution in [2.24, 2.45) is 0 Å². The van der Waals surface area contributed by atoms with Gasteiger partial charge in [0.1, 0.15) is 0 Å². The molecule has 0 spiro atoms. The van der Waals surface area contributed by atoms with Crippen LogP contribution >= 0.6 is 0 Å². The van der Waals surface area contributed by atoms with Gasteiger partial charge < -0.3 is 10.4 Å². The van der Waals surface area contributed by atoms with E-state index in [0.29, 0.717) is 6.42 Å². The van der Waals surface area contributed by atoms with Crippen LogP contribution in [0.1, 0.15) is 43.2 Å². The van der Waals surface area contributed by atoms with E-state index in [2.05, 4.69) is 5.32 Å². The minimum absolute atomic E-state index is 0.0203. The fourth-order valence-corrected chi connectivity index (χ4v) is 3.01. The predicted molar refractivity (Wildman–Crippen MR) is 76.5 cm³/mol. The lowest BCUT2D eigenvalue weighted by Gasteiger charge is -2.28. The maximum absolute atomic E-state index is 12.2. The Morgan fingerprint density at radius 3 is 2.50 bits per heavy atom. The molecule has 0 atom stereocenters. The molecule has 2 N–H and O–H groups in total. The molecule has 108 valence electrons. The van der Waals surface area contributed by atoms with Crippen LogP contribution in [-0.2, 0) is 16.0 Å². The number of aliphatic carboxylic acids is 1. The molecule has 0 heterocycles. The Bertz CT molecular complexity index is 504. The van der Waals surface area contributed by atoms with E-state index in [0.717, 1.165) is 36.8 Å². The molecular formula is C16H21NO3. The molecule has 1 aliphatic carbocycles. The van der Waals surface area contributed by atoms with E-state index in [9.17, 15) is 9.59 Å². The molecule has 20 heavy (non-hydrogen) atoms. The summed E-state index contributed by atoms with van der Waals surface area (Å²) in [5, 5.41) is 12.0. The number of rotatable bonds is 5. The zero-order chi connectivity index (χ0) is 14.6. The first-order chi connectivity index (χ1) is 9.51. The standard InChI is InChI=1S/C16H21NO3/c1-12-6-2-3-7-13(12)10-14(18)17-16(11-15(19)20)8-4-5-9-16/h2-3,6-7H,4-5,8-11H2,1H3,(H,17,18)(H,19,20). The molecule has 1 amide bonds. The molecule has 1 aromatic rings. The van der Waals surface area contributed by atoms with Crippen molar-refractivity contribution in [3.05, 3.63) is 35.4 Å². The number of hydrogen-bond acceptors (Lipinski definition) is 2. The lowest BCUT2D eigenvalue weighted by molar-refractivity contribution is -0.139. The lowest BCUT2D eigenvalue weighted by Crippen LogP contribution is -2.48. The molecule has 0 radical (unpaired) electrons. The average molecular weight is 275 g/mol. The van der Waals surface area contributed by atoms with E-state index < -0.39 is 11.5 Å². The van der Waals surface area contributed by atoms with Crippen molar-refractivity contribution in [3.63, 3.8) is 0 Å². The molecule has 4 heteroatoms. The minimum atomic E-state index is -0.844. The van der Waals surface area contributed by atoms with Crippen LogP contribution in [0.15, 0.2) is 24.3 Å². The number of carbonyl (C=O) groups is 2. The summed E-state index contributed by atoms with van der Waals surface area (Å²) in [6, 6.07) is 7.77. The third kappa shape index (κ3) is 3.59. The quantitative estimate of drug-likeness (QED) is 0.867. The second kappa shape index (κ2) is 6.07. The van der Waals surface area contributed by atoms with Crippen LogP contribution in [0.3, 0.4) is 0 Å². The fraction of sp³-hybridized carbons (Fsp3) is 0.500. The number of carboxylic acid groups (broad SMARTS) is 1. The van der Waals surface area contributed by atoms with Crippen molar-refractivity contribution in [2.45, 2.75) is 51.0 Å². The fourth-order valence-electron chi connectivity index (χ4n) is 3.01. The number of carboxylic acids is 1. The van der Waals surface area contributed by atoms with Crippen molar-refractivity contribution in [1.29, 1.82) is 0 Å². The highest BCUT2D eigenvalue weighted by Crippen LogP contribution is 2.32. The molecule has 0 saturated heterocycles. The van der Waals surface area contributed by atoms with Crippen LogP contribution in [0.4, 0.5) is 0 Å². The topological polar surface area (TPSA) is 66.4 Å². The zero-order valence-electron chi connectivity index (χ0n) is 11.8. The summed E-state index contributed by atoms with van der Waals surface area (Å²) < 4.78 is 0. The third-order valence-electron chi connectivity index (χ3n) is 4.07. The molecule has 4 nitrogen and oxygen atoms in total. The van der Waals surface area contributed by atoms with E-state index in [1.165, 1.54) is 0 Å². The lowest BCUT2D eigenvalue weighted by atomic mass is 9.92. The molecule has 1 fully saturated rings.